The average Bonchev–Trinajstić information content (AvgIpc) is 2.81. The Morgan fingerprint density at radius 2 is 1.77 bits per heavy atom. The van der Waals surface area contributed by atoms with Gasteiger partial charge in [-0.05, 0) is 42.0 Å². The molecule has 3 heterocycles. The van der Waals surface area contributed by atoms with Crippen molar-refractivity contribution in [2.24, 2.45) is 0 Å². The van der Waals surface area contributed by atoms with Crippen LogP contribution in [0.2, 0.25) is 0 Å². The lowest BCUT2D eigenvalue weighted by atomic mass is 10.1. The van der Waals surface area contributed by atoms with Gasteiger partial charge in [-0.15, -0.1) is 0 Å². The summed E-state index contributed by atoms with van der Waals surface area (Å²) in [4.78, 5) is 24.2. The fourth-order valence-corrected chi connectivity index (χ4v) is 3.28. The van der Waals surface area contributed by atoms with Crippen LogP contribution in [-0.4, -0.2) is 53.7 Å². The Balaban J connectivity index is 1.22. The third-order valence-electron chi connectivity index (χ3n) is 5.00. The Hall–Kier alpha value is -3.68. The predicted octanol–water partition coefficient (Wildman–Crippen LogP) is 3.56. The Kier molecular flexibility index (Phi) is 6.56. The normalized spacial score (nSPS) is 13.7. The summed E-state index contributed by atoms with van der Waals surface area (Å²) in [6, 6.07) is 14.2. The minimum Gasteiger partial charge on any atom is -0.492 e. The number of anilines is 1. The highest BCUT2D eigenvalue weighted by atomic mass is 19.1. The van der Waals surface area contributed by atoms with Crippen molar-refractivity contribution in [1.29, 1.82) is 0 Å². The molecule has 1 aliphatic heterocycles. The van der Waals surface area contributed by atoms with E-state index in [1.54, 1.807) is 35.5 Å². The van der Waals surface area contributed by atoms with Crippen molar-refractivity contribution in [2.75, 3.05) is 37.7 Å². The highest BCUT2D eigenvalue weighted by Crippen LogP contribution is 2.17. The van der Waals surface area contributed by atoms with Crippen molar-refractivity contribution in [3.63, 3.8) is 0 Å². The first kappa shape index (κ1) is 20.6. The fourth-order valence-electron chi connectivity index (χ4n) is 3.28. The van der Waals surface area contributed by atoms with Crippen LogP contribution < -0.4 is 14.4 Å². The molecule has 0 bridgehead atoms. The van der Waals surface area contributed by atoms with Crippen LogP contribution in [0.25, 0.3) is 0 Å². The molecule has 0 N–H and O–H groups in total. The summed E-state index contributed by atoms with van der Waals surface area (Å²) in [5.41, 5.74) is 1.09. The van der Waals surface area contributed by atoms with E-state index in [0.717, 1.165) is 17.7 Å². The first-order chi connectivity index (χ1) is 15.2. The number of halogens is 1. The van der Waals surface area contributed by atoms with Crippen LogP contribution >= 0.6 is 0 Å². The largest absolute Gasteiger partial charge is 0.492 e. The molecule has 1 aliphatic rings. The van der Waals surface area contributed by atoms with Crippen LogP contribution in [0.3, 0.4) is 0 Å². The lowest BCUT2D eigenvalue weighted by molar-refractivity contribution is 0.149. The van der Waals surface area contributed by atoms with Crippen molar-refractivity contribution < 1.29 is 18.7 Å². The summed E-state index contributed by atoms with van der Waals surface area (Å²) in [6.07, 6.45) is 4.95. The Morgan fingerprint density at radius 3 is 2.45 bits per heavy atom. The SMILES string of the molecule is O=C(Oc1ccc(CCOc2cccnc2)cc1)N1CCN(c2ccc(F)cn2)CC1. The van der Waals surface area contributed by atoms with Gasteiger partial charge in [-0.1, -0.05) is 12.1 Å². The van der Waals surface area contributed by atoms with E-state index in [4.69, 9.17) is 9.47 Å². The number of rotatable bonds is 6. The molecule has 0 saturated carbocycles. The van der Waals surface area contributed by atoms with Crippen LogP contribution in [0.15, 0.2) is 67.1 Å². The summed E-state index contributed by atoms with van der Waals surface area (Å²) >= 11 is 0. The minimum atomic E-state index is -0.376. The van der Waals surface area contributed by atoms with Gasteiger partial charge in [0, 0.05) is 38.8 Å². The highest BCUT2D eigenvalue weighted by Gasteiger charge is 2.23. The molecule has 0 spiro atoms. The number of piperazine rings is 1. The first-order valence-electron chi connectivity index (χ1n) is 10.1. The van der Waals surface area contributed by atoms with Crippen LogP contribution in [0.5, 0.6) is 11.5 Å². The quantitative estimate of drug-likeness (QED) is 0.605. The predicted molar refractivity (Wildman–Crippen MR) is 114 cm³/mol. The molecule has 2 aromatic heterocycles. The Bertz CT molecular complexity index is 976. The van der Waals surface area contributed by atoms with E-state index in [9.17, 15) is 9.18 Å². The molecule has 0 unspecified atom stereocenters. The number of carbonyl (C=O) groups is 1. The summed E-state index contributed by atoms with van der Waals surface area (Å²) in [5, 5.41) is 0. The van der Waals surface area contributed by atoms with Gasteiger partial charge in [0.2, 0.25) is 0 Å². The Labute approximate surface area is 180 Å². The number of nitrogens with zero attached hydrogens (tertiary/aromatic N) is 4. The van der Waals surface area contributed by atoms with E-state index in [0.29, 0.717) is 44.4 Å². The number of carbonyl (C=O) groups excluding carboxylic acids is 1. The van der Waals surface area contributed by atoms with Crippen molar-refractivity contribution in [3.8, 4) is 11.5 Å². The smallest absolute Gasteiger partial charge is 0.415 e. The summed E-state index contributed by atoms with van der Waals surface area (Å²) in [6.45, 7) is 2.80. The molecule has 7 nitrogen and oxygen atoms in total. The zero-order chi connectivity index (χ0) is 21.5. The lowest BCUT2D eigenvalue weighted by Gasteiger charge is -2.34. The van der Waals surface area contributed by atoms with E-state index >= 15 is 0 Å². The number of ether oxygens (including phenoxy) is 2. The van der Waals surface area contributed by atoms with E-state index in [-0.39, 0.29) is 11.9 Å². The van der Waals surface area contributed by atoms with Gasteiger partial charge in [-0.25, -0.2) is 14.2 Å². The fraction of sp³-hybridized carbons (Fsp3) is 0.261. The number of amides is 1. The molecule has 1 saturated heterocycles. The number of aromatic nitrogens is 2. The molecular weight excluding hydrogens is 399 g/mol. The molecule has 160 valence electrons. The van der Waals surface area contributed by atoms with Crippen LogP contribution in [0.1, 0.15) is 5.56 Å². The molecule has 1 aromatic carbocycles. The van der Waals surface area contributed by atoms with Gasteiger partial charge in [0.05, 0.1) is 19.0 Å². The Morgan fingerprint density at radius 1 is 0.968 bits per heavy atom. The number of hydrogen-bond donors (Lipinski definition) is 0. The van der Waals surface area contributed by atoms with Crippen molar-refractivity contribution in [1.82, 2.24) is 14.9 Å². The summed E-state index contributed by atoms with van der Waals surface area (Å²) in [5.74, 6) is 1.59. The second-order valence-corrected chi connectivity index (χ2v) is 7.11. The topological polar surface area (TPSA) is 67.8 Å². The van der Waals surface area contributed by atoms with Gasteiger partial charge >= 0.3 is 6.09 Å². The summed E-state index contributed by atoms with van der Waals surface area (Å²) < 4.78 is 24.2. The third-order valence-corrected chi connectivity index (χ3v) is 5.00. The standard InChI is InChI=1S/C23H23FN4O3/c24-19-5-8-22(26-16-19)27-11-13-28(14-12-27)23(29)31-20-6-3-18(4-7-20)9-15-30-21-2-1-10-25-17-21/h1-8,10,16-17H,9,11-15H2. The third kappa shape index (κ3) is 5.69. The molecule has 8 heteroatoms. The minimum absolute atomic E-state index is 0.363. The lowest BCUT2D eigenvalue weighted by Crippen LogP contribution is -2.49. The van der Waals surface area contributed by atoms with Crippen molar-refractivity contribution in [3.05, 3.63) is 78.5 Å². The maximum atomic E-state index is 13.0. The van der Waals surface area contributed by atoms with E-state index in [1.165, 1.54) is 12.3 Å². The average molecular weight is 422 g/mol. The molecule has 1 amide bonds. The number of hydrogen-bond acceptors (Lipinski definition) is 6. The van der Waals surface area contributed by atoms with Crippen LogP contribution in [0.4, 0.5) is 15.0 Å². The molecular formula is C23H23FN4O3. The van der Waals surface area contributed by atoms with Crippen LogP contribution in [0, 0.1) is 5.82 Å². The van der Waals surface area contributed by atoms with Gasteiger partial charge in [0.25, 0.3) is 0 Å². The van der Waals surface area contributed by atoms with E-state index < -0.39 is 0 Å². The number of pyridine rings is 2. The molecule has 4 rings (SSSR count). The second-order valence-electron chi connectivity index (χ2n) is 7.11. The molecule has 31 heavy (non-hydrogen) atoms. The monoisotopic (exact) mass is 422 g/mol. The zero-order valence-corrected chi connectivity index (χ0v) is 17.0. The molecule has 0 aliphatic carbocycles. The van der Waals surface area contributed by atoms with Gasteiger partial charge in [-0.2, -0.15) is 0 Å². The molecule has 1 fully saturated rings. The first-order valence-corrected chi connectivity index (χ1v) is 10.1. The van der Waals surface area contributed by atoms with E-state index in [2.05, 4.69) is 9.97 Å². The molecule has 0 atom stereocenters. The summed E-state index contributed by atoms with van der Waals surface area (Å²) in [7, 11) is 0. The van der Waals surface area contributed by atoms with Crippen LogP contribution in [-0.2, 0) is 6.42 Å². The van der Waals surface area contributed by atoms with Gasteiger partial charge < -0.3 is 19.3 Å². The van der Waals surface area contributed by atoms with Crippen molar-refractivity contribution in [2.45, 2.75) is 6.42 Å². The van der Waals surface area contributed by atoms with Gasteiger partial charge in [0.1, 0.15) is 23.1 Å². The highest BCUT2D eigenvalue weighted by molar-refractivity contribution is 5.71. The van der Waals surface area contributed by atoms with Gasteiger partial charge in [0.15, 0.2) is 0 Å². The van der Waals surface area contributed by atoms with E-state index in [1.807, 2.05) is 29.2 Å². The maximum Gasteiger partial charge on any atom is 0.415 e. The second kappa shape index (κ2) is 9.88. The maximum absolute atomic E-state index is 13.0. The van der Waals surface area contributed by atoms with Crippen molar-refractivity contribution >= 4 is 11.9 Å². The van der Waals surface area contributed by atoms with Gasteiger partial charge in [-0.3, -0.25) is 4.98 Å². The molecule has 0 radical (unpaired) electrons. The number of benzene rings is 1. The zero-order valence-electron chi connectivity index (χ0n) is 17.0. The molecule has 3 aromatic rings.